The molecule has 0 aliphatic heterocycles. The van der Waals surface area contributed by atoms with Crippen LogP contribution in [0.1, 0.15) is 21.6 Å². The fourth-order valence-electron chi connectivity index (χ4n) is 1.72. The van der Waals surface area contributed by atoms with Crippen LogP contribution in [0.4, 0.5) is 4.39 Å². The first-order valence-electron chi connectivity index (χ1n) is 6.28. The van der Waals surface area contributed by atoms with Crippen molar-refractivity contribution in [2.24, 2.45) is 0 Å². The highest BCUT2D eigenvalue weighted by atomic mass is 19.1. The molecule has 0 bridgehead atoms. The van der Waals surface area contributed by atoms with Crippen LogP contribution in [0.5, 0.6) is 0 Å². The lowest BCUT2D eigenvalue weighted by Crippen LogP contribution is -2.24. The van der Waals surface area contributed by atoms with Crippen molar-refractivity contribution in [2.75, 3.05) is 6.61 Å². The molecule has 2 N–H and O–H groups in total. The third-order valence-electron chi connectivity index (χ3n) is 2.68. The molecule has 0 fully saturated rings. The van der Waals surface area contributed by atoms with Gasteiger partial charge in [0.25, 0.3) is 5.91 Å². The summed E-state index contributed by atoms with van der Waals surface area (Å²) >= 11 is 0. The normalized spacial score (nSPS) is 9.62. The Bertz CT molecular complexity index is 690. The number of carbonyl (C=O) groups is 1. The fraction of sp³-hybridized carbons (Fsp3) is 0.125. The van der Waals surface area contributed by atoms with Gasteiger partial charge in [-0.05, 0) is 30.3 Å². The summed E-state index contributed by atoms with van der Waals surface area (Å²) in [5.41, 5.74) is 1.21. The number of nitrogens with zero attached hydrogens (tertiary/aromatic N) is 1. The molecular weight excluding hydrogens is 271 g/mol. The largest absolute Gasteiger partial charge is 0.384 e. The van der Waals surface area contributed by atoms with Crippen LogP contribution >= 0.6 is 0 Å². The van der Waals surface area contributed by atoms with Crippen LogP contribution in [-0.2, 0) is 6.54 Å². The smallest absolute Gasteiger partial charge is 0.252 e. The third kappa shape index (κ3) is 4.13. The number of hydrogen-bond donors (Lipinski definition) is 2. The Morgan fingerprint density at radius 2 is 2.19 bits per heavy atom. The zero-order valence-corrected chi connectivity index (χ0v) is 11.1. The number of aliphatic hydroxyl groups excluding tert-OH is 1. The first-order chi connectivity index (χ1) is 10.2. The summed E-state index contributed by atoms with van der Waals surface area (Å²) in [6, 6.07) is 9.12. The van der Waals surface area contributed by atoms with E-state index in [1.165, 1.54) is 18.2 Å². The SMILES string of the molecule is O=C(NCc1ccccn1)c1ccc(F)cc1C#CCO. The van der Waals surface area contributed by atoms with Crippen molar-refractivity contribution in [1.82, 2.24) is 10.3 Å². The number of amides is 1. The van der Waals surface area contributed by atoms with E-state index in [0.29, 0.717) is 0 Å². The number of pyridine rings is 1. The summed E-state index contributed by atoms with van der Waals surface area (Å²) < 4.78 is 13.2. The third-order valence-corrected chi connectivity index (χ3v) is 2.68. The van der Waals surface area contributed by atoms with E-state index in [2.05, 4.69) is 22.1 Å². The molecule has 1 aromatic heterocycles. The number of halogens is 1. The van der Waals surface area contributed by atoms with E-state index in [1.54, 1.807) is 18.3 Å². The molecule has 0 aliphatic rings. The number of nitrogens with one attached hydrogen (secondary N) is 1. The number of benzene rings is 1. The van der Waals surface area contributed by atoms with Gasteiger partial charge in [0.1, 0.15) is 12.4 Å². The molecule has 0 unspecified atom stereocenters. The van der Waals surface area contributed by atoms with Crippen LogP contribution in [0.25, 0.3) is 0 Å². The minimum Gasteiger partial charge on any atom is -0.384 e. The topological polar surface area (TPSA) is 62.2 Å². The molecule has 0 radical (unpaired) electrons. The Hall–Kier alpha value is -2.71. The molecule has 1 amide bonds. The molecular formula is C16H13FN2O2. The molecule has 0 saturated heterocycles. The lowest BCUT2D eigenvalue weighted by molar-refractivity contribution is 0.0950. The summed E-state index contributed by atoms with van der Waals surface area (Å²) in [5, 5.41) is 11.4. The standard InChI is InChI=1S/C16H13FN2O2/c17-13-6-7-15(12(10-13)4-3-9-20)16(21)19-11-14-5-1-2-8-18-14/h1-2,5-8,10,20H,9,11H2,(H,19,21). The maximum Gasteiger partial charge on any atom is 0.252 e. The van der Waals surface area contributed by atoms with Gasteiger partial charge in [0.05, 0.1) is 17.8 Å². The van der Waals surface area contributed by atoms with Crippen molar-refractivity contribution < 1.29 is 14.3 Å². The maximum atomic E-state index is 13.2. The molecule has 0 atom stereocenters. The van der Waals surface area contributed by atoms with Crippen molar-refractivity contribution in [1.29, 1.82) is 0 Å². The highest BCUT2D eigenvalue weighted by molar-refractivity contribution is 5.96. The molecule has 5 heteroatoms. The number of aliphatic hydroxyl groups is 1. The highest BCUT2D eigenvalue weighted by Crippen LogP contribution is 2.10. The minimum atomic E-state index is -0.487. The quantitative estimate of drug-likeness (QED) is 0.840. The van der Waals surface area contributed by atoms with Gasteiger partial charge in [0.15, 0.2) is 0 Å². The molecule has 0 saturated carbocycles. The maximum absolute atomic E-state index is 13.2. The summed E-state index contributed by atoms with van der Waals surface area (Å²) in [5.74, 6) is 4.11. The second-order valence-electron chi connectivity index (χ2n) is 4.15. The second-order valence-corrected chi connectivity index (χ2v) is 4.15. The van der Waals surface area contributed by atoms with E-state index in [4.69, 9.17) is 5.11 Å². The van der Waals surface area contributed by atoms with Gasteiger partial charge in [-0.15, -0.1) is 0 Å². The van der Waals surface area contributed by atoms with Crippen LogP contribution in [-0.4, -0.2) is 22.6 Å². The van der Waals surface area contributed by atoms with Crippen LogP contribution in [0.3, 0.4) is 0 Å². The Labute approximate surface area is 121 Å². The van der Waals surface area contributed by atoms with Crippen molar-refractivity contribution >= 4 is 5.91 Å². The van der Waals surface area contributed by atoms with Gasteiger partial charge in [-0.3, -0.25) is 9.78 Å². The number of hydrogen-bond acceptors (Lipinski definition) is 3. The summed E-state index contributed by atoms with van der Waals surface area (Å²) in [4.78, 5) is 16.2. The summed E-state index contributed by atoms with van der Waals surface area (Å²) in [6.45, 7) is -0.0879. The number of carbonyl (C=O) groups excluding carboxylic acids is 1. The van der Waals surface area contributed by atoms with E-state index < -0.39 is 5.82 Å². The molecule has 106 valence electrons. The molecule has 0 spiro atoms. The van der Waals surface area contributed by atoms with Gasteiger partial charge >= 0.3 is 0 Å². The average molecular weight is 284 g/mol. The van der Waals surface area contributed by atoms with E-state index >= 15 is 0 Å². The van der Waals surface area contributed by atoms with Crippen molar-refractivity contribution in [3.63, 3.8) is 0 Å². The summed E-state index contributed by atoms with van der Waals surface area (Å²) in [6.07, 6.45) is 1.64. The highest BCUT2D eigenvalue weighted by Gasteiger charge is 2.11. The van der Waals surface area contributed by atoms with Crippen LogP contribution in [0, 0.1) is 17.7 Å². The zero-order chi connectivity index (χ0) is 15.1. The van der Waals surface area contributed by atoms with Crippen LogP contribution in [0.2, 0.25) is 0 Å². The lowest BCUT2D eigenvalue weighted by Gasteiger charge is -2.07. The van der Waals surface area contributed by atoms with E-state index in [0.717, 1.165) is 5.69 Å². The second kappa shape index (κ2) is 7.17. The van der Waals surface area contributed by atoms with Gasteiger partial charge in [0, 0.05) is 11.8 Å². The molecule has 0 aliphatic carbocycles. The molecule has 1 heterocycles. The molecule has 21 heavy (non-hydrogen) atoms. The summed E-state index contributed by atoms with van der Waals surface area (Å²) in [7, 11) is 0. The van der Waals surface area contributed by atoms with E-state index in [9.17, 15) is 9.18 Å². The van der Waals surface area contributed by atoms with Crippen molar-refractivity contribution in [3.05, 3.63) is 65.2 Å². The van der Waals surface area contributed by atoms with Crippen LogP contribution in [0.15, 0.2) is 42.6 Å². The fourth-order valence-corrected chi connectivity index (χ4v) is 1.72. The van der Waals surface area contributed by atoms with Gasteiger partial charge < -0.3 is 10.4 Å². The molecule has 2 rings (SSSR count). The Morgan fingerprint density at radius 1 is 1.33 bits per heavy atom. The van der Waals surface area contributed by atoms with E-state index in [1.807, 2.05) is 6.07 Å². The number of rotatable bonds is 3. The molecule has 1 aromatic carbocycles. The van der Waals surface area contributed by atoms with Gasteiger partial charge in [-0.1, -0.05) is 17.9 Å². The number of aromatic nitrogens is 1. The first kappa shape index (κ1) is 14.7. The zero-order valence-electron chi connectivity index (χ0n) is 11.1. The molecule has 4 nitrogen and oxygen atoms in total. The van der Waals surface area contributed by atoms with Gasteiger partial charge in [-0.2, -0.15) is 0 Å². The Morgan fingerprint density at radius 3 is 2.90 bits per heavy atom. The lowest BCUT2D eigenvalue weighted by atomic mass is 10.1. The monoisotopic (exact) mass is 284 g/mol. The Kier molecular flexibility index (Phi) is 5.02. The average Bonchev–Trinajstić information content (AvgIpc) is 2.51. The van der Waals surface area contributed by atoms with Gasteiger partial charge in [0.2, 0.25) is 0 Å². The predicted octanol–water partition coefficient (Wildman–Crippen LogP) is 1.49. The van der Waals surface area contributed by atoms with Crippen molar-refractivity contribution in [2.45, 2.75) is 6.54 Å². The van der Waals surface area contributed by atoms with Crippen LogP contribution < -0.4 is 5.32 Å². The first-order valence-corrected chi connectivity index (χ1v) is 6.28. The minimum absolute atomic E-state index is 0.238. The predicted molar refractivity (Wildman–Crippen MR) is 75.8 cm³/mol. The van der Waals surface area contributed by atoms with Crippen molar-refractivity contribution in [3.8, 4) is 11.8 Å². The Balaban J connectivity index is 2.15. The van der Waals surface area contributed by atoms with Gasteiger partial charge in [-0.25, -0.2) is 4.39 Å². The van der Waals surface area contributed by atoms with E-state index in [-0.39, 0.29) is 30.2 Å². The molecule has 2 aromatic rings.